The van der Waals surface area contributed by atoms with Crippen molar-refractivity contribution in [3.8, 4) is 11.1 Å². The standard InChI is InChI=1S/C20H14ClNO/c21-16-6-3-5-14(11-16)20(23)22-17-8-9-19-15(12-17)10-13-4-1-2-7-18(13)19/h1-9,11-12H,10H2,(H,22,23). The molecule has 0 bridgehead atoms. The highest BCUT2D eigenvalue weighted by Gasteiger charge is 2.18. The van der Waals surface area contributed by atoms with E-state index < -0.39 is 0 Å². The van der Waals surface area contributed by atoms with Crippen molar-refractivity contribution < 1.29 is 4.79 Å². The van der Waals surface area contributed by atoms with Gasteiger partial charge in [-0.3, -0.25) is 4.79 Å². The Hall–Kier alpha value is -2.58. The molecule has 3 heteroatoms. The minimum Gasteiger partial charge on any atom is -0.322 e. The summed E-state index contributed by atoms with van der Waals surface area (Å²) >= 11 is 5.94. The van der Waals surface area contributed by atoms with Gasteiger partial charge in [0.15, 0.2) is 0 Å². The van der Waals surface area contributed by atoms with Crippen LogP contribution in [0.15, 0.2) is 66.7 Å². The average Bonchev–Trinajstić information content (AvgIpc) is 2.92. The molecule has 3 aromatic rings. The number of halogens is 1. The van der Waals surface area contributed by atoms with Crippen LogP contribution < -0.4 is 5.32 Å². The van der Waals surface area contributed by atoms with E-state index in [9.17, 15) is 4.79 Å². The van der Waals surface area contributed by atoms with Crippen molar-refractivity contribution in [2.45, 2.75) is 6.42 Å². The Balaban J connectivity index is 1.60. The summed E-state index contributed by atoms with van der Waals surface area (Å²) in [6.45, 7) is 0. The molecule has 1 aliphatic carbocycles. The van der Waals surface area contributed by atoms with Gasteiger partial charge in [-0.1, -0.05) is 48.0 Å². The maximum atomic E-state index is 12.3. The van der Waals surface area contributed by atoms with E-state index in [-0.39, 0.29) is 5.91 Å². The van der Waals surface area contributed by atoms with Crippen LogP contribution in [0.1, 0.15) is 21.5 Å². The number of benzene rings is 3. The first kappa shape index (κ1) is 14.0. The number of fused-ring (bicyclic) bond motifs is 3. The Morgan fingerprint density at radius 2 is 1.70 bits per heavy atom. The molecule has 0 fully saturated rings. The second kappa shape index (κ2) is 5.56. The third-order valence-corrected chi connectivity index (χ3v) is 4.37. The Morgan fingerprint density at radius 3 is 2.57 bits per heavy atom. The van der Waals surface area contributed by atoms with Crippen molar-refractivity contribution in [3.63, 3.8) is 0 Å². The largest absolute Gasteiger partial charge is 0.322 e. The maximum Gasteiger partial charge on any atom is 0.255 e. The van der Waals surface area contributed by atoms with E-state index in [0.29, 0.717) is 10.6 Å². The molecule has 3 aromatic carbocycles. The Labute approximate surface area is 139 Å². The van der Waals surface area contributed by atoms with Gasteiger partial charge in [-0.25, -0.2) is 0 Å². The number of anilines is 1. The highest BCUT2D eigenvalue weighted by atomic mass is 35.5. The maximum absolute atomic E-state index is 12.3. The molecule has 4 rings (SSSR count). The molecule has 0 unspecified atom stereocenters. The fraction of sp³-hybridized carbons (Fsp3) is 0.0500. The third kappa shape index (κ3) is 2.62. The van der Waals surface area contributed by atoms with E-state index in [1.165, 1.54) is 22.3 Å². The van der Waals surface area contributed by atoms with E-state index >= 15 is 0 Å². The van der Waals surface area contributed by atoms with Gasteiger partial charge in [-0.15, -0.1) is 0 Å². The SMILES string of the molecule is O=C(Nc1ccc2c(c1)Cc1ccccc1-2)c1cccc(Cl)c1. The summed E-state index contributed by atoms with van der Waals surface area (Å²) in [6.07, 6.45) is 0.909. The van der Waals surface area contributed by atoms with E-state index in [1.807, 2.05) is 6.07 Å². The number of amides is 1. The number of nitrogens with one attached hydrogen (secondary N) is 1. The van der Waals surface area contributed by atoms with Gasteiger partial charge in [0.2, 0.25) is 0 Å². The van der Waals surface area contributed by atoms with E-state index in [1.54, 1.807) is 24.3 Å². The Bertz CT molecular complexity index is 917. The van der Waals surface area contributed by atoms with Crippen molar-refractivity contribution in [2.24, 2.45) is 0 Å². The fourth-order valence-electron chi connectivity index (χ4n) is 3.06. The lowest BCUT2D eigenvalue weighted by atomic mass is 10.1. The molecule has 1 aliphatic rings. The summed E-state index contributed by atoms with van der Waals surface area (Å²) in [5.74, 6) is -0.150. The van der Waals surface area contributed by atoms with E-state index in [4.69, 9.17) is 11.6 Å². The summed E-state index contributed by atoms with van der Waals surface area (Å²) in [6, 6.07) is 21.4. The molecule has 0 aromatic heterocycles. The molecule has 2 nitrogen and oxygen atoms in total. The zero-order chi connectivity index (χ0) is 15.8. The van der Waals surface area contributed by atoms with Crippen molar-refractivity contribution >= 4 is 23.2 Å². The predicted molar refractivity (Wildman–Crippen MR) is 94.1 cm³/mol. The molecule has 0 radical (unpaired) electrons. The lowest BCUT2D eigenvalue weighted by Gasteiger charge is -2.08. The Kier molecular flexibility index (Phi) is 3.40. The van der Waals surface area contributed by atoms with E-state index in [0.717, 1.165) is 12.1 Å². The van der Waals surface area contributed by atoms with Gasteiger partial charge in [0, 0.05) is 16.3 Å². The first-order chi connectivity index (χ1) is 11.2. The molecule has 0 spiro atoms. The molecular formula is C20H14ClNO. The Morgan fingerprint density at radius 1 is 0.870 bits per heavy atom. The summed E-state index contributed by atoms with van der Waals surface area (Å²) in [4.78, 5) is 12.3. The van der Waals surface area contributed by atoms with Crippen LogP contribution in [0.2, 0.25) is 5.02 Å². The second-order valence-corrected chi connectivity index (χ2v) is 6.11. The molecule has 0 aliphatic heterocycles. The lowest BCUT2D eigenvalue weighted by Crippen LogP contribution is -2.11. The second-order valence-electron chi connectivity index (χ2n) is 5.67. The normalized spacial score (nSPS) is 11.7. The minimum atomic E-state index is -0.150. The number of rotatable bonds is 2. The van der Waals surface area contributed by atoms with Crippen molar-refractivity contribution in [2.75, 3.05) is 5.32 Å². The van der Waals surface area contributed by atoms with Gasteiger partial charge in [0.05, 0.1) is 0 Å². The van der Waals surface area contributed by atoms with Gasteiger partial charge in [-0.2, -0.15) is 0 Å². The van der Waals surface area contributed by atoms with E-state index in [2.05, 4.69) is 41.7 Å². The highest BCUT2D eigenvalue weighted by Crippen LogP contribution is 2.37. The van der Waals surface area contributed by atoms with Gasteiger partial charge in [0.1, 0.15) is 0 Å². The van der Waals surface area contributed by atoms with Crippen LogP contribution in [0.3, 0.4) is 0 Å². The summed E-state index contributed by atoms with van der Waals surface area (Å²) in [7, 11) is 0. The third-order valence-electron chi connectivity index (χ3n) is 4.14. The van der Waals surface area contributed by atoms with Crippen LogP contribution in [-0.2, 0) is 6.42 Å². The van der Waals surface area contributed by atoms with Crippen LogP contribution in [-0.4, -0.2) is 5.91 Å². The van der Waals surface area contributed by atoms with Gasteiger partial charge in [-0.05, 0) is 59.0 Å². The van der Waals surface area contributed by atoms with Crippen LogP contribution in [0.4, 0.5) is 5.69 Å². The van der Waals surface area contributed by atoms with Crippen molar-refractivity contribution in [1.29, 1.82) is 0 Å². The van der Waals surface area contributed by atoms with Crippen molar-refractivity contribution in [1.82, 2.24) is 0 Å². The van der Waals surface area contributed by atoms with Crippen LogP contribution >= 0.6 is 11.6 Å². The fourth-order valence-corrected chi connectivity index (χ4v) is 3.25. The molecular weight excluding hydrogens is 306 g/mol. The molecule has 112 valence electrons. The monoisotopic (exact) mass is 319 g/mol. The quantitative estimate of drug-likeness (QED) is 0.543. The summed E-state index contributed by atoms with van der Waals surface area (Å²) in [5, 5.41) is 3.50. The molecule has 0 atom stereocenters. The predicted octanol–water partition coefficient (Wildman–Crippen LogP) is 5.16. The summed E-state index contributed by atoms with van der Waals surface area (Å²) < 4.78 is 0. The zero-order valence-corrected chi connectivity index (χ0v) is 13.1. The molecule has 0 saturated carbocycles. The number of hydrogen-bond donors (Lipinski definition) is 1. The van der Waals surface area contributed by atoms with Crippen molar-refractivity contribution in [3.05, 3.63) is 88.4 Å². The van der Waals surface area contributed by atoms with Gasteiger partial charge >= 0.3 is 0 Å². The highest BCUT2D eigenvalue weighted by molar-refractivity contribution is 6.31. The smallest absolute Gasteiger partial charge is 0.255 e. The van der Waals surface area contributed by atoms with Gasteiger partial charge in [0.25, 0.3) is 5.91 Å². The first-order valence-corrected chi connectivity index (χ1v) is 7.86. The number of carbonyl (C=O) groups excluding carboxylic acids is 1. The van der Waals surface area contributed by atoms with Crippen LogP contribution in [0.25, 0.3) is 11.1 Å². The molecule has 1 N–H and O–H groups in total. The van der Waals surface area contributed by atoms with Crippen LogP contribution in [0.5, 0.6) is 0 Å². The molecule has 0 heterocycles. The molecule has 1 amide bonds. The number of carbonyl (C=O) groups is 1. The topological polar surface area (TPSA) is 29.1 Å². The number of hydrogen-bond acceptors (Lipinski definition) is 1. The zero-order valence-electron chi connectivity index (χ0n) is 12.3. The first-order valence-electron chi connectivity index (χ1n) is 7.49. The summed E-state index contributed by atoms with van der Waals surface area (Å²) in [5.41, 5.74) is 6.48. The van der Waals surface area contributed by atoms with Crippen LogP contribution in [0, 0.1) is 0 Å². The average molecular weight is 320 g/mol. The minimum absolute atomic E-state index is 0.150. The lowest BCUT2D eigenvalue weighted by molar-refractivity contribution is 0.102. The van der Waals surface area contributed by atoms with Gasteiger partial charge < -0.3 is 5.32 Å². The molecule has 0 saturated heterocycles. The molecule has 23 heavy (non-hydrogen) atoms.